The van der Waals surface area contributed by atoms with E-state index in [1.165, 1.54) is 12.1 Å². The lowest BCUT2D eigenvalue weighted by molar-refractivity contribution is -0.384. The van der Waals surface area contributed by atoms with Gasteiger partial charge in [0.05, 0.1) is 16.0 Å². The van der Waals surface area contributed by atoms with Crippen LogP contribution in [0, 0.1) is 10.1 Å². The molecule has 15 heavy (non-hydrogen) atoms. The summed E-state index contributed by atoms with van der Waals surface area (Å²) in [6, 6.07) is 3.57. The maximum atomic E-state index is 10.4. The molecule has 8 heteroatoms. The van der Waals surface area contributed by atoms with Crippen LogP contribution in [0.25, 0.3) is 0 Å². The van der Waals surface area contributed by atoms with E-state index in [2.05, 4.69) is 0 Å². The van der Waals surface area contributed by atoms with Crippen molar-refractivity contribution in [2.75, 3.05) is 0 Å². The molecule has 0 spiro atoms. The monoisotopic (exact) mass is 289 g/mol. The highest BCUT2D eigenvalue weighted by Gasteiger charge is 2.24. The van der Waals surface area contributed by atoms with Crippen molar-refractivity contribution in [2.24, 2.45) is 0 Å². The fraction of sp³-hybridized carbons (Fsp3) is 0.143. The summed E-state index contributed by atoms with van der Waals surface area (Å²) in [6.45, 7) is 0. The normalized spacial score (nSPS) is 11.2. The number of hydrogen-bond acceptors (Lipinski definition) is 3. The van der Waals surface area contributed by atoms with E-state index in [4.69, 9.17) is 51.1 Å². The molecule has 0 N–H and O–H groups in total. The van der Waals surface area contributed by atoms with E-state index in [1.807, 2.05) is 0 Å². The Morgan fingerprint density at radius 2 is 1.93 bits per heavy atom. The minimum Gasteiger partial charge on any atom is -0.444 e. The standard InChI is InChI=1S/C7H3Cl4NO3/c8-5-2-1-4(12(13)14)3-6(5)15-7(9,10)11/h1-3H. The van der Waals surface area contributed by atoms with Gasteiger partial charge in [0, 0.05) is 6.07 Å². The maximum Gasteiger partial charge on any atom is 0.338 e. The first kappa shape index (κ1) is 12.6. The number of alkyl halides is 3. The number of benzene rings is 1. The second kappa shape index (κ2) is 4.61. The van der Waals surface area contributed by atoms with Crippen LogP contribution in [0.1, 0.15) is 0 Å². The van der Waals surface area contributed by atoms with Crippen LogP contribution in [-0.4, -0.2) is 8.90 Å². The Balaban J connectivity index is 3.06. The predicted molar refractivity (Wildman–Crippen MR) is 59.0 cm³/mol. The van der Waals surface area contributed by atoms with Gasteiger partial charge in [0.15, 0.2) is 0 Å². The Hall–Kier alpha value is -0.420. The molecule has 0 aliphatic heterocycles. The van der Waals surface area contributed by atoms with Gasteiger partial charge in [-0.2, -0.15) is 0 Å². The molecule has 0 unspecified atom stereocenters. The molecule has 1 aromatic rings. The number of ether oxygens (including phenoxy) is 1. The fourth-order valence-corrected chi connectivity index (χ4v) is 1.21. The van der Waals surface area contributed by atoms with E-state index < -0.39 is 8.90 Å². The summed E-state index contributed by atoms with van der Waals surface area (Å²) >= 11 is 21.7. The minimum absolute atomic E-state index is 0.0640. The molecule has 82 valence electrons. The van der Waals surface area contributed by atoms with Gasteiger partial charge in [-0.3, -0.25) is 10.1 Å². The molecule has 0 bridgehead atoms. The summed E-state index contributed by atoms with van der Waals surface area (Å²) in [5.74, 6) is -0.0640. The Kier molecular flexibility index (Phi) is 3.89. The Morgan fingerprint density at radius 1 is 1.33 bits per heavy atom. The third-order valence-corrected chi connectivity index (χ3v) is 1.89. The molecule has 0 aliphatic carbocycles. The molecule has 0 fully saturated rings. The summed E-state index contributed by atoms with van der Waals surface area (Å²) in [7, 11) is 0. The quantitative estimate of drug-likeness (QED) is 0.471. The van der Waals surface area contributed by atoms with Crippen molar-refractivity contribution in [3.63, 3.8) is 0 Å². The second-order valence-corrected chi connectivity index (χ2v) is 5.00. The zero-order valence-electron chi connectivity index (χ0n) is 6.92. The first-order valence-corrected chi connectivity index (χ1v) is 5.00. The number of nitro groups is 1. The van der Waals surface area contributed by atoms with Gasteiger partial charge in [-0.15, -0.1) is 0 Å². The summed E-state index contributed by atoms with van der Waals surface area (Å²) in [5.41, 5.74) is -0.205. The molecule has 0 amide bonds. The number of hydrogen-bond donors (Lipinski definition) is 0. The van der Waals surface area contributed by atoms with Crippen molar-refractivity contribution in [3.05, 3.63) is 33.3 Å². The first-order chi connectivity index (χ1) is 6.79. The van der Waals surface area contributed by atoms with Gasteiger partial charge in [0.2, 0.25) is 0 Å². The highest BCUT2D eigenvalue weighted by molar-refractivity contribution is 6.66. The molecule has 1 aromatic carbocycles. The van der Waals surface area contributed by atoms with Crippen molar-refractivity contribution in [2.45, 2.75) is 3.98 Å². The fourth-order valence-electron chi connectivity index (χ4n) is 0.809. The lowest BCUT2D eigenvalue weighted by Gasteiger charge is -2.14. The molecular formula is C7H3Cl4NO3. The molecule has 1 rings (SSSR count). The van der Waals surface area contributed by atoms with Crippen molar-refractivity contribution in [1.29, 1.82) is 0 Å². The third kappa shape index (κ3) is 3.91. The summed E-state index contributed by atoms with van der Waals surface area (Å²) in [5, 5.41) is 10.6. The molecule has 0 saturated carbocycles. The smallest absolute Gasteiger partial charge is 0.338 e. The largest absolute Gasteiger partial charge is 0.444 e. The van der Waals surface area contributed by atoms with Crippen LogP contribution in [0.15, 0.2) is 18.2 Å². The van der Waals surface area contributed by atoms with Gasteiger partial charge in [-0.25, -0.2) is 0 Å². The van der Waals surface area contributed by atoms with E-state index in [0.29, 0.717) is 0 Å². The van der Waals surface area contributed by atoms with Crippen LogP contribution < -0.4 is 4.74 Å². The molecule has 0 heterocycles. The summed E-state index contributed by atoms with van der Waals surface area (Å²) in [6.07, 6.45) is 0. The van der Waals surface area contributed by atoms with Crippen LogP contribution in [0.2, 0.25) is 5.02 Å². The summed E-state index contributed by atoms with van der Waals surface area (Å²) in [4.78, 5) is 9.83. The zero-order chi connectivity index (χ0) is 11.6. The van der Waals surface area contributed by atoms with Gasteiger partial charge in [-0.05, 0) is 40.9 Å². The Morgan fingerprint density at radius 3 is 2.40 bits per heavy atom. The number of non-ortho nitro benzene ring substituents is 1. The molecular weight excluding hydrogens is 288 g/mol. The number of rotatable bonds is 2. The SMILES string of the molecule is O=[N+]([O-])c1ccc(Cl)c(OC(Cl)(Cl)Cl)c1. The Labute approximate surface area is 105 Å². The van der Waals surface area contributed by atoms with Gasteiger partial charge in [0.1, 0.15) is 5.75 Å². The van der Waals surface area contributed by atoms with Crippen LogP contribution in [0.4, 0.5) is 5.69 Å². The van der Waals surface area contributed by atoms with Crippen molar-refractivity contribution in [1.82, 2.24) is 0 Å². The van der Waals surface area contributed by atoms with Crippen LogP contribution in [-0.2, 0) is 0 Å². The topological polar surface area (TPSA) is 52.4 Å². The molecule has 0 aromatic heterocycles. The maximum absolute atomic E-state index is 10.4. The van der Waals surface area contributed by atoms with Gasteiger partial charge < -0.3 is 4.74 Å². The first-order valence-electron chi connectivity index (χ1n) is 3.49. The van der Waals surface area contributed by atoms with E-state index in [0.717, 1.165) is 6.07 Å². The predicted octanol–water partition coefficient (Wildman–Crippen LogP) is 3.95. The van der Waals surface area contributed by atoms with E-state index in [9.17, 15) is 10.1 Å². The number of nitro benzene ring substituents is 1. The van der Waals surface area contributed by atoms with Gasteiger partial charge >= 0.3 is 3.98 Å². The molecule has 4 nitrogen and oxygen atoms in total. The number of halogens is 4. The van der Waals surface area contributed by atoms with Crippen LogP contribution >= 0.6 is 46.4 Å². The molecule has 0 atom stereocenters. The van der Waals surface area contributed by atoms with Crippen molar-refractivity contribution in [3.8, 4) is 5.75 Å². The lowest BCUT2D eigenvalue weighted by atomic mass is 10.3. The van der Waals surface area contributed by atoms with Crippen molar-refractivity contribution < 1.29 is 9.66 Å². The van der Waals surface area contributed by atoms with E-state index in [-0.39, 0.29) is 16.5 Å². The molecule has 0 radical (unpaired) electrons. The van der Waals surface area contributed by atoms with Gasteiger partial charge in [0.25, 0.3) is 5.69 Å². The van der Waals surface area contributed by atoms with Crippen LogP contribution in [0.3, 0.4) is 0 Å². The number of nitrogens with zero attached hydrogens (tertiary/aromatic N) is 1. The average Bonchev–Trinajstić information content (AvgIpc) is 2.06. The highest BCUT2D eigenvalue weighted by Crippen LogP contribution is 2.36. The van der Waals surface area contributed by atoms with Crippen LogP contribution in [0.5, 0.6) is 5.75 Å². The second-order valence-electron chi connectivity index (χ2n) is 2.42. The van der Waals surface area contributed by atoms with E-state index >= 15 is 0 Å². The van der Waals surface area contributed by atoms with Crippen molar-refractivity contribution >= 4 is 52.1 Å². The average molecular weight is 291 g/mol. The minimum atomic E-state index is -2.02. The summed E-state index contributed by atoms with van der Waals surface area (Å²) < 4.78 is 2.77. The molecule has 0 saturated heterocycles. The lowest BCUT2D eigenvalue weighted by Crippen LogP contribution is -2.12. The van der Waals surface area contributed by atoms with Gasteiger partial charge in [-0.1, -0.05) is 11.6 Å². The van der Waals surface area contributed by atoms with E-state index in [1.54, 1.807) is 0 Å². The zero-order valence-corrected chi connectivity index (χ0v) is 9.94. The Bertz CT molecular complexity index is 390. The molecule has 0 aliphatic rings. The third-order valence-electron chi connectivity index (χ3n) is 1.35. The highest BCUT2D eigenvalue weighted by atomic mass is 35.6.